The highest BCUT2D eigenvalue weighted by Gasteiger charge is 2.01. The van der Waals surface area contributed by atoms with E-state index in [1.165, 1.54) is 0 Å². The summed E-state index contributed by atoms with van der Waals surface area (Å²) in [6.07, 6.45) is 2.75. The van der Waals surface area contributed by atoms with Gasteiger partial charge in [0.25, 0.3) is 0 Å². The van der Waals surface area contributed by atoms with Gasteiger partial charge in [-0.2, -0.15) is 0 Å². The minimum Gasteiger partial charge on any atom is -0.392 e. The molecule has 0 spiro atoms. The number of pyridine rings is 1. The van der Waals surface area contributed by atoms with E-state index in [2.05, 4.69) is 16.9 Å². The standard InChI is InChI=1S/C15H18N2O/c1-17(11-9-14-4-2-3-10-16-14)15-7-5-13(12-18)6-8-15/h2-8,10,18H,9,11-12H2,1H3. The third-order valence-corrected chi connectivity index (χ3v) is 2.99. The van der Waals surface area contributed by atoms with Crippen molar-refractivity contribution in [2.45, 2.75) is 13.0 Å². The molecule has 2 aromatic rings. The predicted molar refractivity (Wildman–Crippen MR) is 73.6 cm³/mol. The summed E-state index contributed by atoms with van der Waals surface area (Å²) in [6, 6.07) is 14.0. The van der Waals surface area contributed by atoms with Crippen LogP contribution in [0.2, 0.25) is 0 Å². The maximum absolute atomic E-state index is 9.00. The zero-order valence-corrected chi connectivity index (χ0v) is 10.6. The fourth-order valence-electron chi connectivity index (χ4n) is 1.81. The Morgan fingerprint density at radius 1 is 1.11 bits per heavy atom. The van der Waals surface area contributed by atoms with E-state index in [9.17, 15) is 0 Å². The summed E-state index contributed by atoms with van der Waals surface area (Å²) < 4.78 is 0. The summed E-state index contributed by atoms with van der Waals surface area (Å²) in [6.45, 7) is 1.02. The number of likely N-dealkylation sites (N-methyl/N-ethyl adjacent to an activating group) is 1. The van der Waals surface area contributed by atoms with Gasteiger partial charge in [-0.1, -0.05) is 18.2 Å². The second-order valence-corrected chi connectivity index (χ2v) is 4.32. The largest absolute Gasteiger partial charge is 0.392 e. The smallest absolute Gasteiger partial charge is 0.0681 e. The lowest BCUT2D eigenvalue weighted by atomic mass is 10.2. The number of hydrogen-bond donors (Lipinski definition) is 1. The van der Waals surface area contributed by atoms with Crippen LogP contribution in [-0.4, -0.2) is 23.7 Å². The van der Waals surface area contributed by atoms with Crippen molar-refractivity contribution in [1.82, 2.24) is 4.98 Å². The lowest BCUT2D eigenvalue weighted by Crippen LogP contribution is -2.20. The number of rotatable bonds is 5. The molecule has 2 rings (SSSR count). The van der Waals surface area contributed by atoms with Gasteiger partial charge in [-0.25, -0.2) is 0 Å². The summed E-state index contributed by atoms with van der Waals surface area (Å²) in [7, 11) is 2.07. The first-order chi connectivity index (χ1) is 8.79. The number of hydrogen-bond acceptors (Lipinski definition) is 3. The molecule has 0 aliphatic heterocycles. The van der Waals surface area contributed by atoms with Gasteiger partial charge in [-0.05, 0) is 29.8 Å². The van der Waals surface area contributed by atoms with Gasteiger partial charge in [0.2, 0.25) is 0 Å². The Labute approximate surface area is 108 Å². The van der Waals surface area contributed by atoms with Crippen LogP contribution in [-0.2, 0) is 13.0 Å². The topological polar surface area (TPSA) is 36.4 Å². The van der Waals surface area contributed by atoms with Crippen LogP contribution in [0.4, 0.5) is 5.69 Å². The van der Waals surface area contributed by atoms with Gasteiger partial charge in [0.1, 0.15) is 0 Å². The van der Waals surface area contributed by atoms with E-state index in [0.29, 0.717) is 0 Å². The van der Waals surface area contributed by atoms with Crippen molar-refractivity contribution in [3.63, 3.8) is 0 Å². The summed E-state index contributed by atoms with van der Waals surface area (Å²) in [5.74, 6) is 0. The third kappa shape index (κ3) is 3.31. The van der Waals surface area contributed by atoms with Crippen LogP contribution in [0.5, 0.6) is 0 Å². The van der Waals surface area contributed by atoms with Crippen LogP contribution in [0.15, 0.2) is 48.7 Å². The molecule has 1 heterocycles. The van der Waals surface area contributed by atoms with Gasteiger partial charge >= 0.3 is 0 Å². The van der Waals surface area contributed by atoms with Crippen molar-refractivity contribution in [1.29, 1.82) is 0 Å². The number of benzene rings is 1. The Morgan fingerprint density at radius 3 is 2.50 bits per heavy atom. The maximum atomic E-state index is 9.00. The second kappa shape index (κ2) is 6.17. The van der Waals surface area contributed by atoms with E-state index in [1.54, 1.807) is 0 Å². The van der Waals surface area contributed by atoms with Gasteiger partial charge in [0, 0.05) is 37.6 Å². The fraction of sp³-hybridized carbons (Fsp3) is 0.267. The lowest BCUT2D eigenvalue weighted by molar-refractivity contribution is 0.282. The molecule has 0 saturated carbocycles. The van der Waals surface area contributed by atoms with E-state index in [0.717, 1.165) is 29.9 Å². The number of aliphatic hydroxyl groups excluding tert-OH is 1. The molecular formula is C15H18N2O. The molecule has 0 aliphatic rings. The normalized spacial score (nSPS) is 10.3. The molecule has 0 aliphatic carbocycles. The summed E-state index contributed by atoms with van der Waals surface area (Å²) in [4.78, 5) is 6.50. The highest BCUT2D eigenvalue weighted by molar-refractivity contribution is 5.46. The molecule has 0 fully saturated rings. The van der Waals surface area contributed by atoms with E-state index in [-0.39, 0.29) is 6.61 Å². The van der Waals surface area contributed by atoms with Gasteiger partial charge in [0.15, 0.2) is 0 Å². The van der Waals surface area contributed by atoms with Gasteiger partial charge in [0.05, 0.1) is 6.61 Å². The quantitative estimate of drug-likeness (QED) is 0.873. The highest BCUT2D eigenvalue weighted by atomic mass is 16.3. The first-order valence-corrected chi connectivity index (χ1v) is 6.10. The number of aliphatic hydroxyl groups is 1. The molecule has 0 unspecified atom stereocenters. The molecule has 1 aromatic heterocycles. The van der Waals surface area contributed by atoms with Crippen LogP contribution in [0, 0.1) is 0 Å². The highest BCUT2D eigenvalue weighted by Crippen LogP contribution is 2.14. The third-order valence-electron chi connectivity index (χ3n) is 2.99. The SMILES string of the molecule is CN(CCc1ccccn1)c1ccc(CO)cc1. The van der Waals surface area contributed by atoms with Gasteiger partial charge in [-0.3, -0.25) is 4.98 Å². The zero-order valence-electron chi connectivity index (χ0n) is 10.6. The number of aromatic nitrogens is 1. The van der Waals surface area contributed by atoms with Gasteiger partial charge in [-0.15, -0.1) is 0 Å². The molecule has 0 amide bonds. The average Bonchev–Trinajstić information content (AvgIpc) is 2.46. The minimum absolute atomic E-state index is 0.0952. The van der Waals surface area contributed by atoms with E-state index in [4.69, 9.17) is 5.11 Å². The fourth-order valence-corrected chi connectivity index (χ4v) is 1.81. The number of anilines is 1. The van der Waals surface area contributed by atoms with Crippen molar-refractivity contribution in [2.75, 3.05) is 18.5 Å². The summed E-state index contributed by atoms with van der Waals surface area (Å²) in [5, 5.41) is 9.00. The van der Waals surface area contributed by atoms with Crippen LogP contribution in [0.1, 0.15) is 11.3 Å². The Kier molecular flexibility index (Phi) is 4.31. The van der Waals surface area contributed by atoms with Crippen LogP contribution < -0.4 is 4.90 Å². The first kappa shape index (κ1) is 12.6. The van der Waals surface area contributed by atoms with Crippen molar-refractivity contribution >= 4 is 5.69 Å². The summed E-state index contributed by atoms with van der Waals surface area (Å²) >= 11 is 0. The second-order valence-electron chi connectivity index (χ2n) is 4.32. The molecule has 1 aromatic carbocycles. The van der Waals surface area contributed by atoms with E-state index >= 15 is 0 Å². The average molecular weight is 242 g/mol. The molecule has 3 nitrogen and oxygen atoms in total. The minimum atomic E-state index is 0.0952. The molecule has 0 atom stereocenters. The molecule has 0 bridgehead atoms. The van der Waals surface area contributed by atoms with Crippen molar-refractivity contribution < 1.29 is 5.11 Å². The van der Waals surface area contributed by atoms with Crippen LogP contribution in [0.3, 0.4) is 0 Å². The first-order valence-electron chi connectivity index (χ1n) is 6.10. The molecule has 3 heteroatoms. The Morgan fingerprint density at radius 2 is 1.89 bits per heavy atom. The Bertz CT molecular complexity index is 468. The lowest BCUT2D eigenvalue weighted by Gasteiger charge is -2.19. The van der Waals surface area contributed by atoms with Crippen molar-refractivity contribution in [3.8, 4) is 0 Å². The predicted octanol–water partition coefficient (Wildman–Crippen LogP) is 2.25. The summed E-state index contributed by atoms with van der Waals surface area (Å²) in [5.41, 5.74) is 3.20. The molecule has 94 valence electrons. The van der Waals surface area contributed by atoms with E-state index in [1.807, 2.05) is 48.7 Å². The molecule has 18 heavy (non-hydrogen) atoms. The molecule has 1 N–H and O–H groups in total. The molecule has 0 saturated heterocycles. The van der Waals surface area contributed by atoms with Crippen molar-refractivity contribution in [2.24, 2.45) is 0 Å². The molecular weight excluding hydrogens is 224 g/mol. The van der Waals surface area contributed by atoms with Crippen molar-refractivity contribution in [3.05, 3.63) is 59.9 Å². The number of nitrogens with zero attached hydrogens (tertiary/aromatic N) is 2. The Balaban J connectivity index is 1.93. The van der Waals surface area contributed by atoms with Crippen LogP contribution in [0.25, 0.3) is 0 Å². The zero-order chi connectivity index (χ0) is 12.8. The van der Waals surface area contributed by atoms with E-state index < -0.39 is 0 Å². The molecule has 0 radical (unpaired) electrons. The monoisotopic (exact) mass is 242 g/mol. The van der Waals surface area contributed by atoms with Crippen LogP contribution >= 0.6 is 0 Å². The van der Waals surface area contributed by atoms with Gasteiger partial charge < -0.3 is 10.0 Å². The maximum Gasteiger partial charge on any atom is 0.0681 e. The Hall–Kier alpha value is -1.87.